The summed E-state index contributed by atoms with van der Waals surface area (Å²) in [6.07, 6.45) is 0. The Kier molecular flexibility index (Phi) is 3.58. The van der Waals surface area contributed by atoms with Gasteiger partial charge in [0.1, 0.15) is 11.5 Å². The molecule has 15 heavy (non-hydrogen) atoms. The first-order valence-electron chi connectivity index (χ1n) is 4.95. The van der Waals surface area contributed by atoms with E-state index >= 15 is 0 Å². The van der Waals surface area contributed by atoms with Gasteiger partial charge in [-0.1, -0.05) is 18.7 Å². The van der Waals surface area contributed by atoms with Gasteiger partial charge in [0.2, 0.25) is 8.32 Å². The van der Waals surface area contributed by atoms with Crippen molar-refractivity contribution < 1.29 is 9.16 Å². The molecule has 2 nitrogen and oxygen atoms in total. The summed E-state index contributed by atoms with van der Waals surface area (Å²) in [7, 11) is 0.0595. The third kappa shape index (κ3) is 3.44. The van der Waals surface area contributed by atoms with E-state index in [2.05, 4.69) is 26.2 Å². The zero-order valence-corrected chi connectivity index (χ0v) is 10.8. The Hall–Kier alpha value is -1.22. The molecule has 0 amide bonds. The predicted molar refractivity (Wildman–Crippen MR) is 66.5 cm³/mol. The van der Waals surface area contributed by atoms with E-state index in [1.54, 1.807) is 7.11 Å². The van der Waals surface area contributed by atoms with Crippen molar-refractivity contribution in [2.75, 3.05) is 7.11 Å². The van der Waals surface area contributed by atoms with Gasteiger partial charge in [0.15, 0.2) is 0 Å². The quantitative estimate of drug-likeness (QED) is 0.573. The number of benzene rings is 1. The van der Waals surface area contributed by atoms with Crippen LogP contribution in [0.15, 0.2) is 30.8 Å². The summed E-state index contributed by atoms with van der Waals surface area (Å²) in [6.45, 7) is 10.3. The van der Waals surface area contributed by atoms with Crippen molar-refractivity contribution in [2.45, 2.75) is 19.6 Å². The van der Waals surface area contributed by atoms with Crippen LogP contribution in [-0.4, -0.2) is 15.4 Å². The maximum absolute atomic E-state index is 5.83. The minimum atomic E-state index is -1.59. The molecule has 0 fully saturated rings. The van der Waals surface area contributed by atoms with Crippen LogP contribution in [0.5, 0.6) is 5.75 Å². The number of para-hydroxylation sites is 1. The highest BCUT2D eigenvalue weighted by Gasteiger charge is 2.18. The molecule has 0 aliphatic carbocycles. The van der Waals surface area contributed by atoms with Gasteiger partial charge in [-0.3, -0.25) is 0 Å². The molecule has 0 heterocycles. The molecule has 0 atom stereocenters. The van der Waals surface area contributed by atoms with E-state index in [1.165, 1.54) is 0 Å². The minimum Gasteiger partial charge on any atom is -0.544 e. The lowest BCUT2D eigenvalue weighted by atomic mass is 10.2. The maximum Gasteiger partial charge on any atom is 0.242 e. The van der Waals surface area contributed by atoms with E-state index in [0.29, 0.717) is 5.76 Å². The molecule has 1 aromatic rings. The average Bonchev–Trinajstić information content (AvgIpc) is 2.15. The lowest BCUT2D eigenvalue weighted by molar-refractivity contribution is 0.409. The molecule has 0 saturated heterocycles. The number of hydrogen-bond acceptors (Lipinski definition) is 2. The van der Waals surface area contributed by atoms with Gasteiger partial charge >= 0.3 is 0 Å². The topological polar surface area (TPSA) is 18.5 Å². The molecular weight excluding hydrogens is 204 g/mol. The molecule has 0 radical (unpaired) electrons. The van der Waals surface area contributed by atoms with Crippen LogP contribution in [-0.2, 0) is 4.43 Å². The van der Waals surface area contributed by atoms with Crippen LogP contribution in [0.1, 0.15) is 5.56 Å². The van der Waals surface area contributed by atoms with Crippen LogP contribution in [0.3, 0.4) is 0 Å². The minimum absolute atomic E-state index is 0.701. The molecule has 1 rings (SSSR count). The highest BCUT2D eigenvalue weighted by Crippen LogP contribution is 2.27. The normalized spacial score (nSPS) is 10.9. The van der Waals surface area contributed by atoms with Gasteiger partial charge in [-0.25, -0.2) is 0 Å². The van der Waals surface area contributed by atoms with E-state index in [9.17, 15) is 0 Å². The van der Waals surface area contributed by atoms with Crippen molar-refractivity contribution >= 4 is 14.1 Å². The summed E-state index contributed by atoms with van der Waals surface area (Å²) >= 11 is 0. The molecule has 1 aromatic carbocycles. The highest BCUT2D eigenvalue weighted by molar-refractivity contribution is 6.70. The Bertz CT molecular complexity index is 353. The number of hydrogen-bond donors (Lipinski definition) is 0. The van der Waals surface area contributed by atoms with Gasteiger partial charge in [-0.15, -0.1) is 0 Å². The fourth-order valence-corrected chi connectivity index (χ4v) is 2.15. The van der Waals surface area contributed by atoms with Gasteiger partial charge < -0.3 is 9.16 Å². The lowest BCUT2D eigenvalue weighted by Crippen LogP contribution is -2.24. The molecule has 0 spiro atoms. The largest absolute Gasteiger partial charge is 0.544 e. The van der Waals surface area contributed by atoms with Crippen LogP contribution in [0.25, 0.3) is 5.76 Å². The maximum atomic E-state index is 5.83. The Morgan fingerprint density at radius 2 is 1.80 bits per heavy atom. The fraction of sp³-hybridized carbons (Fsp3) is 0.333. The highest BCUT2D eigenvalue weighted by atomic mass is 28.4. The van der Waals surface area contributed by atoms with Gasteiger partial charge in [-0.05, 0) is 31.8 Å². The molecule has 3 heteroatoms. The summed E-state index contributed by atoms with van der Waals surface area (Å²) in [6, 6.07) is 7.76. The molecule has 0 unspecified atom stereocenters. The molecule has 0 saturated carbocycles. The lowest BCUT2D eigenvalue weighted by Gasteiger charge is -2.22. The Morgan fingerprint density at radius 1 is 1.20 bits per heavy atom. The standard InChI is InChI=1S/C12H18O2Si/c1-10(14-15(3,4)5)11-8-6-7-9-12(11)13-2/h6-9H,1H2,2-5H3. The second-order valence-electron chi connectivity index (χ2n) is 4.34. The fourth-order valence-electron chi connectivity index (χ4n) is 1.30. The van der Waals surface area contributed by atoms with E-state index < -0.39 is 8.32 Å². The van der Waals surface area contributed by atoms with Gasteiger partial charge in [0.25, 0.3) is 0 Å². The first-order valence-corrected chi connectivity index (χ1v) is 8.36. The van der Waals surface area contributed by atoms with Crippen molar-refractivity contribution in [1.82, 2.24) is 0 Å². The van der Waals surface area contributed by atoms with Crippen LogP contribution in [0.2, 0.25) is 19.6 Å². The zero-order valence-electron chi connectivity index (χ0n) is 9.83. The number of methoxy groups -OCH3 is 1. The summed E-state index contributed by atoms with van der Waals surface area (Å²) in [5.74, 6) is 1.51. The second-order valence-corrected chi connectivity index (χ2v) is 8.77. The third-order valence-corrected chi connectivity index (χ3v) is 2.70. The molecule has 0 bridgehead atoms. The monoisotopic (exact) mass is 222 g/mol. The summed E-state index contributed by atoms with van der Waals surface area (Å²) in [5.41, 5.74) is 0.933. The molecule has 0 N–H and O–H groups in total. The average molecular weight is 222 g/mol. The summed E-state index contributed by atoms with van der Waals surface area (Å²) in [4.78, 5) is 0. The zero-order chi connectivity index (χ0) is 11.5. The van der Waals surface area contributed by atoms with Crippen molar-refractivity contribution in [1.29, 1.82) is 0 Å². The summed E-state index contributed by atoms with van der Waals surface area (Å²) in [5, 5.41) is 0. The third-order valence-electron chi connectivity index (χ3n) is 1.84. The molecule has 0 aliphatic rings. The van der Waals surface area contributed by atoms with Crippen molar-refractivity contribution in [3.63, 3.8) is 0 Å². The van der Waals surface area contributed by atoms with Crippen molar-refractivity contribution in [3.8, 4) is 5.75 Å². The van der Waals surface area contributed by atoms with Crippen LogP contribution in [0, 0.1) is 0 Å². The van der Waals surface area contributed by atoms with Gasteiger partial charge in [-0.2, -0.15) is 0 Å². The smallest absolute Gasteiger partial charge is 0.242 e. The number of rotatable bonds is 4. The molecule has 0 aliphatic heterocycles. The van der Waals surface area contributed by atoms with E-state index in [-0.39, 0.29) is 0 Å². The van der Waals surface area contributed by atoms with Crippen LogP contribution in [0.4, 0.5) is 0 Å². The van der Waals surface area contributed by atoms with Gasteiger partial charge in [0.05, 0.1) is 12.7 Å². The van der Waals surface area contributed by atoms with E-state index in [0.717, 1.165) is 11.3 Å². The van der Waals surface area contributed by atoms with Gasteiger partial charge in [0, 0.05) is 0 Å². The summed E-state index contributed by atoms with van der Waals surface area (Å²) < 4.78 is 11.1. The first kappa shape index (κ1) is 11.8. The predicted octanol–water partition coefficient (Wildman–Crippen LogP) is 3.52. The molecule has 0 aromatic heterocycles. The molecular formula is C12H18O2Si. The SMILES string of the molecule is C=C(O[Si](C)(C)C)c1ccccc1OC. The van der Waals surface area contributed by atoms with Crippen molar-refractivity contribution in [2.24, 2.45) is 0 Å². The Labute approximate surface area is 92.7 Å². The first-order chi connectivity index (χ1) is 6.94. The van der Waals surface area contributed by atoms with Crippen molar-refractivity contribution in [3.05, 3.63) is 36.4 Å². The van der Waals surface area contributed by atoms with Crippen LogP contribution < -0.4 is 4.74 Å². The van der Waals surface area contributed by atoms with E-state index in [1.807, 2.05) is 24.3 Å². The van der Waals surface area contributed by atoms with Crippen LogP contribution >= 0.6 is 0 Å². The molecule has 82 valence electrons. The van der Waals surface area contributed by atoms with E-state index in [4.69, 9.17) is 9.16 Å². The second kappa shape index (κ2) is 4.53. The Balaban J connectivity index is 2.91. The Morgan fingerprint density at radius 3 is 2.33 bits per heavy atom. The number of ether oxygens (including phenoxy) is 1.